The minimum Gasteiger partial charge on any atom is -0.481 e. The van der Waals surface area contributed by atoms with Gasteiger partial charge in [-0.05, 0) is 12.8 Å². The second-order valence-corrected chi connectivity index (χ2v) is 3.57. The highest BCUT2D eigenvalue weighted by atomic mass is 32.2. The largest absolute Gasteiger partial charge is 0.481 e. The summed E-state index contributed by atoms with van der Waals surface area (Å²) in [6, 6.07) is -0.340. The number of aldehydes is 1. The fourth-order valence-electron chi connectivity index (χ4n) is 0.702. The molecule has 0 unspecified atom stereocenters. The Morgan fingerprint density at radius 3 is 2.85 bits per heavy atom. The van der Waals surface area contributed by atoms with Crippen molar-refractivity contribution in [3.05, 3.63) is 0 Å². The molecule has 0 amide bonds. The van der Waals surface area contributed by atoms with E-state index in [4.69, 9.17) is 5.11 Å². The molecular formula is C8H15NO3S. The number of carboxylic acid groups (broad SMARTS) is 1. The molecule has 0 aromatic carbocycles. The van der Waals surface area contributed by atoms with Gasteiger partial charge in [-0.2, -0.15) is 0 Å². The molecule has 0 radical (unpaired) electrons. The Morgan fingerprint density at radius 2 is 2.38 bits per heavy atom. The summed E-state index contributed by atoms with van der Waals surface area (Å²) in [5.41, 5.74) is 0. The quantitative estimate of drug-likeness (QED) is 0.352. The minimum atomic E-state index is -0.867. The topological polar surface area (TPSA) is 66.4 Å². The standard InChI is InChI=1S/C8H15NO3S/c1-2-5-13-9-7(6-10)3-4-8(11)12/h6-7,9H,2-5H2,1H3,(H,11,12)/t7-/m0/s1. The van der Waals surface area contributed by atoms with Crippen molar-refractivity contribution in [2.24, 2.45) is 0 Å². The van der Waals surface area contributed by atoms with E-state index >= 15 is 0 Å². The van der Waals surface area contributed by atoms with Gasteiger partial charge in [-0.1, -0.05) is 18.9 Å². The van der Waals surface area contributed by atoms with Gasteiger partial charge in [-0.15, -0.1) is 0 Å². The predicted molar refractivity (Wildman–Crippen MR) is 52.6 cm³/mol. The van der Waals surface area contributed by atoms with Crippen molar-refractivity contribution in [2.45, 2.75) is 32.2 Å². The number of carboxylic acids is 1. The molecule has 0 spiro atoms. The van der Waals surface area contributed by atoms with Gasteiger partial charge in [0.05, 0.1) is 6.04 Å². The molecular weight excluding hydrogens is 190 g/mol. The fraction of sp³-hybridized carbons (Fsp3) is 0.750. The summed E-state index contributed by atoms with van der Waals surface area (Å²) in [6.45, 7) is 2.04. The molecule has 0 aliphatic carbocycles. The number of carbonyl (C=O) groups excluding carboxylic acids is 1. The first-order chi connectivity index (χ1) is 6.20. The normalized spacial score (nSPS) is 12.4. The Morgan fingerprint density at radius 1 is 1.69 bits per heavy atom. The Kier molecular flexibility index (Phi) is 7.73. The summed E-state index contributed by atoms with van der Waals surface area (Å²) in [5, 5.41) is 8.38. The van der Waals surface area contributed by atoms with Crippen LogP contribution < -0.4 is 4.72 Å². The molecule has 5 heteroatoms. The van der Waals surface area contributed by atoms with Crippen LogP contribution in [0.4, 0.5) is 0 Å². The van der Waals surface area contributed by atoms with E-state index in [0.717, 1.165) is 18.5 Å². The zero-order valence-electron chi connectivity index (χ0n) is 7.66. The molecule has 76 valence electrons. The molecule has 0 aromatic rings. The van der Waals surface area contributed by atoms with E-state index < -0.39 is 5.97 Å². The van der Waals surface area contributed by atoms with Crippen molar-refractivity contribution in [1.82, 2.24) is 4.72 Å². The van der Waals surface area contributed by atoms with Crippen LogP contribution in [0.5, 0.6) is 0 Å². The smallest absolute Gasteiger partial charge is 0.303 e. The van der Waals surface area contributed by atoms with Crippen LogP contribution in [0.2, 0.25) is 0 Å². The van der Waals surface area contributed by atoms with Gasteiger partial charge in [0.1, 0.15) is 6.29 Å². The lowest BCUT2D eigenvalue weighted by Crippen LogP contribution is -2.25. The van der Waals surface area contributed by atoms with Gasteiger partial charge in [-0.25, -0.2) is 0 Å². The molecule has 0 saturated heterocycles. The van der Waals surface area contributed by atoms with Crippen LogP contribution in [-0.2, 0) is 9.59 Å². The van der Waals surface area contributed by atoms with Crippen molar-refractivity contribution in [3.8, 4) is 0 Å². The second-order valence-electron chi connectivity index (χ2n) is 2.64. The SMILES string of the molecule is CCCSN[C@H](C=O)CCC(=O)O. The zero-order valence-corrected chi connectivity index (χ0v) is 8.47. The number of hydrogen-bond donors (Lipinski definition) is 2. The molecule has 0 aliphatic rings. The molecule has 0 aromatic heterocycles. The van der Waals surface area contributed by atoms with Gasteiger partial charge < -0.3 is 9.90 Å². The van der Waals surface area contributed by atoms with E-state index in [2.05, 4.69) is 4.72 Å². The summed E-state index contributed by atoms with van der Waals surface area (Å²) in [7, 11) is 0. The molecule has 0 heterocycles. The second kappa shape index (κ2) is 8.07. The van der Waals surface area contributed by atoms with E-state index in [-0.39, 0.29) is 12.5 Å². The first-order valence-electron chi connectivity index (χ1n) is 4.25. The lowest BCUT2D eigenvalue weighted by molar-refractivity contribution is -0.137. The number of rotatable bonds is 8. The van der Waals surface area contributed by atoms with Gasteiger partial charge >= 0.3 is 5.97 Å². The average Bonchev–Trinajstić information content (AvgIpc) is 2.10. The maximum absolute atomic E-state index is 10.4. The van der Waals surface area contributed by atoms with Crippen molar-refractivity contribution in [1.29, 1.82) is 0 Å². The third kappa shape index (κ3) is 7.80. The zero-order chi connectivity index (χ0) is 10.1. The average molecular weight is 205 g/mol. The number of aliphatic carboxylic acids is 1. The number of carbonyl (C=O) groups is 2. The van der Waals surface area contributed by atoms with Crippen LogP contribution in [-0.4, -0.2) is 29.2 Å². The third-order valence-electron chi connectivity index (χ3n) is 1.37. The van der Waals surface area contributed by atoms with E-state index in [1.54, 1.807) is 0 Å². The highest BCUT2D eigenvalue weighted by molar-refractivity contribution is 7.97. The van der Waals surface area contributed by atoms with Crippen LogP contribution >= 0.6 is 11.9 Å². The maximum Gasteiger partial charge on any atom is 0.303 e. The van der Waals surface area contributed by atoms with Crippen LogP contribution in [0.3, 0.4) is 0 Å². The molecule has 4 nitrogen and oxygen atoms in total. The summed E-state index contributed by atoms with van der Waals surface area (Å²) in [6.07, 6.45) is 2.17. The van der Waals surface area contributed by atoms with Crippen LogP contribution in [0.15, 0.2) is 0 Å². The lowest BCUT2D eigenvalue weighted by Gasteiger charge is -2.09. The highest BCUT2D eigenvalue weighted by Gasteiger charge is 2.08. The summed E-state index contributed by atoms with van der Waals surface area (Å²) < 4.78 is 2.91. The Bertz CT molecular complexity index is 163. The number of nitrogens with one attached hydrogen (secondary N) is 1. The lowest BCUT2D eigenvalue weighted by atomic mass is 10.2. The van der Waals surface area contributed by atoms with Crippen LogP contribution in [0.25, 0.3) is 0 Å². The van der Waals surface area contributed by atoms with Crippen LogP contribution in [0.1, 0.15) is 26.2 Å². The first kappa shape index (κ1) is 12.4. The van der Waals surface area contributed by atoms with E-state index in [9.17, 15) is 9.59 Å². The molecule has 0 rings (SSSR count). The molecule has 0 bridgehead atoms. The Labute approximate surface area is 82.2 Å². The fourth-order valence-corrected chi connectivity index (χ4v) is 1.41. The first-order valence-corrected chi connectivity index (χ1v) is 5.23. The van der Waals surface area contributed by atoms with Gasteiger partial charge in [-0.3, -0.25) is 9.52 Å². The summed E-state index contributed by atoms with van der Waals surface area (Å²) in [5.74, 6) is 0.0615. The van der Waals surface area contributed by atoms with E-state index in [0.29, 0.717) is 6.42 Å². The van der Waals surface area contributed by atoms with Crippen molar-refractivity contribution in [3.63, 3.8) is 0 Å². The Balaban J connectivity index is 3.51. The summed E-state index contributed by atoms with van der Waals surface area (Å²) >= 11 is 1.46. The van der Waals surface area contributed by atoms with Gasteiger partial charge in [0.2, 0.25) is 0 Å². The van der Waals surface area contributed by atoms with Crippen LogP contribution in [0, 0.1) is 0 Å². The third-order valence-corrected chi connectivity index (χ3v) is 2.46. The minimum absolute atomic E-state index is 0.0308. The van der Waals surface area contributed by atoms with E-state index in [1.807, 2.05) is 6.92 Å². The van der Waals surface area contributed by atoms with Crippen molar-refractivity contribution < 1.29 is 14.7 Å². The summed E-state index contributed by atoms with van der Waals surface area (Å²) in [4.78, 5) is 20.6. The van der Waals surface area contributed by atoms with Crippen molar-refractivity contribution in [2.75, 3.05) is 5.75 Å². The monoisotopic (exact) mass is 205 g/mol. The molecule has 0 aliphatic heterocycles. The molecule has 0 fully saturated rings. The van der Waals surface area contributed by atoms with Crippen molar-refractivity contribution >= 4 is 24.2 Å². The number of hydrogen-bond acceptors (Lipinski definition) is 4. The predicted octanol–water partition coefficient (Wildman–Crippen LogP) is 1.07. The molecule has 0 saturated carbocycles. The van der Waals surface area contributed by atoms with Gasteiger partial charge in [0.15, 0.2) is 0 Å². The van der Waals surface area contributed by atoms with E-state index in [1.165, 1.54) is 11.9 Å². The highest BCUT2D eigenvalue weighted by Crippen LogP contribution is 2.02. The molecule has 2 N–H and O–H groups in total. The van der Waals surface area contributed by atoms with Gasteiger partial charge in [0, 0.05) is 12.2 Å². The van der Waals surface area contributed by atoms with Gasteiger partial charge in [0.25, 0.3) is 0 Å². The molecule has 1 atom stereocenters. The molecule has 13 heavy (non-hydrogen) atoms. The maximum atomic E-state index is 10.4. The Hall–Kier alpha value is -0.550.